The monoisotopic (exact) mass is 323 g/mol. The van der Waals surface area contributed by atoms with Gasteiger partial charge < -0.3 is 10.5 Å². The Morgan fingerprint density at radius 1 is 1.22 bits per heavy atom. The third kappa shape index (κ3) is 3.21. The standard InChI is InChI=1S/C14H14BrNOS/c1-18-14-5-3-2-4-13(14)17-9-10-6-7-11(15)12(16)8-10/h2-8H,9,16H2,1H3. The fourth-order valence-electron chi connectivity index (χ4n) is 1.58. The summed E-state index contributed by atoms with van der Waals surface area (Å²) in [5.41, 5.74) is 7.63. The normalized spacial score (nSPS) is 10.3. The molecule has 0 unspecified atom stereocenters. The fourth-order valence-corrected chi connectivity index (χ4v) is 2.37. The molecule has 0 spiro atoms. The number of halogens is 1. The molecule has 2 nitrogen and oxygen atoms in total. The smallest absolute Gasteiger partial charge is 0.133 e. The van der Waals surface area contributed by atoms with Crippen molar-refractivity contribution < 1.29 is 4.74 Å². The number of hydrogen-bond acceptors (Lipinski definition) is 3. The summed E-state index contributed by atoms with van der Waals surface area (Å²) in [6, 6.07) is 13.9. The molecule has 0 aliphatic carbocycles. The van der Waals surface area contributed by atoms with Crippen LogP contribution in [-0.2, 0) is 6.61 Å². The number of nitrogen functional groups attached to an aromatic ring is 1. The highest BCUT2D eigenvalue weighted by Crippen LogP contribution is 2.28. The van der Waals surface area contributed by atoms with Gasteiger partial charge in [-0.25, -0.2) is 0 Å². The molecule has 0 radical (unpaired) electrons. The molecule has 18 heavy (non-hydrogen) atoms. The minimum Gasteiger partial charge on any atom is -0.488 e. The summed E-state index contributed by atoms with van der Waals surface area (Å²) >= 11 is 5.06. The van der Waals surface area contributed by atoms with Gasteiger partial charge in [0.05, 0.1) is 0 Å². The first-order valence-corrected chi connectivity index (χ1v) is 7.52. The molecule has 0 saturated carbocycles. The number of hydrogen-bond donors (Lipinski definition) is 1. The summed E-state index contributed by atoms with van der Waals surface area (Å²) < 4.78 is 6.73. The molecular weight excluding hydrogens is 310 g/mol. The number of para-hydroxylation sites is 1. The van der Waals surface area contributed by atoms with Crippen molar-refractivity contribution in [2.24, 2.45) is 0 Å². The lowest BCUT2D eigenvalue weighted by Crippen LogP contribution is -1.98. The molecule has 0 fully saturated rings. The largest absolute Gasteiger partial charge is 0.488 e. The van der Waals surface area contributed by atoms with Crippen molar-refractivity contribution >= 4 is 33.4 Å². The molecule has 0 atom stereocenters. The Labute approximate surface area is 120 Å². The maximum absolute atomic E-state index is 5.84. The zero-order chi connectivity index (χ0) is 13.0. The van der Waals surface area contributed by atoms with Crippen LogP contribution in [0.4, 0.5) is 5.69 Å². The lowest BCUT2D eigenvalue weighted by molar-refractivity contribution is 0.299. The first-order chi connectivity index (χ1) is 8.70. The summed E-state index contributed by atoms with van der Waals surface area (Å²) in [4.78, 5) is 1.14. The van der Waals surface area contributed by atoms with E-state index >= 15 is 0 Å². The van der Waals surface area contributed by atoms with Crippen molar-refractivity contribution in [3.8, 4) is 5.75 Å². The first-order valence-electron chi connectivity index (χ1n) is 5.50. The minimum atomic E-state index is 0.523. The molecule has 2 aromatic rings. The SMILES string of the molecule is CSc1ccccc1OCc1ccc(Br)c(N)c1. The van der Waals surface area contributed by atoms with Crippen LogP contribution in [0.2, 0.25) is 0 Å². The van der Waals surface area contributed by atoms with Crippen LogP contribution < -0.4 is 10.5 Å². The van der Waals surface area contributed by atoms with Crippen LogP contribution in [0.1, 0.15) is 5.56 Å². The van der Waals surface area contributed by atoms with Crippen molar-refractivity contribution in [3.05, 3.63) is 52.5 Å². The molecule has 0 aliphatic rings. The van der Waals surface area contributed by atoms with E-state index in [4.69, 9.17) is 10.5 Å². The lowest BCUT2D eigenvalue weighted by Gasteiger charge is -2.10. The van der Waals surface area contributed by atoms with Crippen LogP contribution in [0.5, 0.6) is 5.75 Å². The third-order valence-corrected chi connectivity index (χ3v) is 4.02. The zero-order valence-electron chi connectivity index (χ0n) is 10.0. The number of nitrogens with two attached hydrogens (primary N) is 1. The number of rotatable bonds is 4. The second-order valence-electron chi connectivity index (χ2n) is 3.80. The summed E-state index contributed by atoms with van der Waals surface area (Å²) in [5, 5.41) is 0. The van der Waals surface area contributed by atoms with E-state index in [2.05, 4.69) is 22.0 Å². The highest BCUT2D eigenvalue weighted by Gasteiger charge is 2.03. The number of thioether (sulfide) groups is 1. The van der Waals surface area contributed by atoms with Crippen LogP contribution >= 0.6 is 27.7 Å². The van der Waals surface area contributed by atoms with Gasteiger partial charge in [0, 0.05) is 15.1 Å². The Bertz CT molecular complexity index is 545. The molecule has 0 heterocycles. The Morgan fingerprint density at radius 3 is 2.72 bits per heavy atom. The topological polar surface area (TPSA) is 35.2 Å². The number of benzene rings is 2. The van der Waals surface area contributed by atoms with E-state index in [-0.39, 0.29) is 0 Å². The molecule has 4 heteroatoms. The van der Waals surface area contributed by atoms with Crippen LogP contribution in [-0.4, -0.2) is 6.26 Å². The van der Waals surface area contributed by atoms with Crippen LogP contribution in [0.15, 0.2) is 51.8 Å². The lowest BCUT2D eigenvalue weighted by atomic mass is 10.2. The maximum atomic E-state index is 5.84. The summed E-state index contributed by atoms with van der Waals surface area (Å²) in [5.74, 6) is 0.909. The summed E-state index contributed by atoms with van der Waals surface area (Å²) in [7, 11) is 0. The highest BCUT2D eigenvalue weighted by atomic mass is 79.9. The molecule has 0 saturated heterocycles. The Morgan fingerprint density at radius 2 is 2.00 bits per heavy atom. The molecule has 0 bridgehead atoms. The van der Waals surface area contributed by atoms with E-state index in [1.807, 2.05) is 42.7 Å². The van der Waals surface area contributed by atoms with Crippen molar-refractivity contribution in [1.82, 2.24) is 0 Å². The zero-order valence-corrected chi connectivity index (χ0v) is 12.4. The van der Waals surface area contributed by atoms with Gasteiger partial charge in [-0.2, -0.15) is 0 Å². The van der Waals surface area contributed by atoms with Gasteiger partial charge in [0.2, 0.25) is 0 Å². The predicted octanol–water partition coefficient (Wildman–Crippen LogP) is 4.33. The van der Waals surface area contributed by atoms with E-state index in [9.17, 15) is 0 Å². The first kappa shape index (κ1) is 13.3. The van der Waals surface area contributed by atoms with Crippen molar-refractivity contribution in [2.75, 3.05) is 12.0 Å². The van der Waals surface area contributed by atoms with Gasteiger partial charge in [0.25, 0.3) is 0 Å². The van der Waals surface area contributed by atoms with Crippen LogP contribution in [0.3, 0.4) is 0 Å². The minimum absolute atomic E-state index is 0.523. The van der Waals surface area contributed by atoms with E-state index in [1.165, 1.54) is 0 Å². The van der Waals surface area contributed by atoms with Gasteiger partial charge in [-0.05, 0) is 52.0 Å². The number of ether oxygens (including phenoxy) is 1. The molecule has 2 rings (SSSR count). The molecule has 94 valence electrons. The second kappa shape index (κ2) is 6.16. The van der Waals surface area contributed by atoms with Crippen molar-refractivity contribution in [1.29, 1.82) is 0 Å². The molecule has 0 aromatic heterocycles. The Kier molecular flexibility index (Phi) is 4.55. The average molecular weight is 324 g/mol. The van der Waals surface area contributed by atoms with E-state index in [0.717, 1.165) is 26.4 Å². The van der Waals surface area contributed by atoms with Crippen molar-refractivity contribution in [2.45, 2.75) is 11.5 Å². The fraction of sp³-hybridized carbons (Fsp3) is 0.143. The van der Waals surface area contributed by atoms with Gasteiger partial charge in [-0.1, -0.05) is 18.2 Å². The predicted molar refractivity (Wildman–Crippen MR) is 81.1 cm³/mol. The third-order valence-electron chi connectivity index (χ3n) is 2.52. The summed E-state index contributed by atoms with van der Waals surface area (Å²) in [6.07, 6.45) is 2.04. The second-order valence-corrected chi connectivity index (χ2v) is 5.50. The van der Waals surface area contributed by atoms with Crippen LogP contribution in [0.25, 0.3) is 0 Å². The maximum Gasteiger partial charge on any atom is 0.133 e. The summed E-state index contributed by atoms with van der Waals surface area (Å²) in [6.45, 7) is 0.523. The molecule has 0 aliphatic heterocycles. The Hall–Kier alpha value is -1.13. The van der Waals surface area contributed by atoms with Gasteiger partial charge in [0.1, 0.15) is 12.4 Å². The highest BCUT2D eigenvalue weighted by molar-refractivity contribution is 9.10. The molecule has 2 aromatic carbocycles. The van der Waals surface area contributed by atoms with E-state index in [1.54, 1.807) is 11.8 Å². The van der Waals surface area contributed by atoms with Crippen LogP contribution in [0, 0.1) is 0 Å². The van der Waals surface area contributed by atoms with E-state index < -0.39 is 0 Å². The quantitative estimate of drug-likeness (QED) is 0.671. The van der Waals surface area contributed by atoms with Gasteiger partial charge >= 0.3 is 0 Å². The van der Waals surface area contributed by atoms with Gasteiger partial charge in [-0.15, -0.1) is 11.8 Å². The molecule has 2 N–H and O–H groups in total. The van der Waals surface area contributed by atoms with Gasteiger partial charge in [0.15, 0.2) is 0 Å². The molecule has 0 amide bonds. The molecular formula is C14H14BrNOS. The van der Waals surface area contributed by atoms with E-state index in [0.29, 0.717) is 6.61 Å². The number of anilines is 1. The van der Waals surface area contributed by atoms with Crippen molar-refractivity contribution in [3.63, 3.8) is 0 Å². The average Bonchev–Trinajstić information content (AvgIpc) is 2.40. The Balaban J connectivity index is 2.09. The van der Waals surface area contributed by atoms with Gasteiger partial charge in [-0.3, -0.25) is 0 Å².